The van der Waals surface area contributed by atoms with Crippen molar-refractivity contribution < 1.29 is 4.74 Å². The van der Waals surface area contributed by atoms with Crippen molar-refractivity contribution in [3.63, 3.8) is 0 Å². The van der Waals surface area contributed by atoms with Crippen LogP contribution in [0.15, 0.2) is 41.5 Å². The van der Waals surface area contributed by atoms with Gasteiger partial charge in [0.05, 0.1) is 0 Å². The number of benzene rings is 1. The third-order valence-electron chi connectivity index (χ3n) is 1.81. The molecule has 0 aliphatic heterocycles. The summed E-state index contributed by atoms with van der Waals surface area (Å²) in [6, 6.07) is 9.85. The fourth-order valence-corrected chi connectivity index (χ4v) is 1.24. The summed E-state index contributed by atoms with van der Waals surface area (Å²) in [7, 11) is 0. The van der Waals surface area contributed by atoms with Crippen LogP contribution in [0.5, 0.6) is 11.6 Å². The summed E-state index contributed by atoms with van der Waals surface area (Å²) in [6.07, 6.45) is 0. The molecule has 0 amide bonds. The number of hydrogen-bond donors (Lipinski definition) is 0. The third-order valence-corrected chi connectivity index (χ3v) is 2.01. The van der Waals surface area contributed by atoms with Crippen molar-refractivity contribution in [1.82, 2.24) is 10.2 Å². The van der Waals surface area contributed by atoms with Crippen molar-refractivity contribution in [2.45, 2.75) is 0 Å². The van der Waals surface area contributed by atoms with Gasteiger partial charge in [-0.3, -0.25) is 0 Å². The van der Waals surface area contributed by atoms with Gasteiger partial charge >= 0.3 is 0 Å². The molecule has 0 N–H and O–H groups in total. The normalized spacial score (nSPS) is 9.47. The molecule has 0 spiro atoms. The van der Waals surface area contributed by atoms with Gasteiger partial charge in [-0.15, -0.1) is 10.2 Å². The summed E-state index contributed by atoms with van der Waals surface area (Å²) in [5.41, 5.74) is 8.78. The lowest BCUT2D eigenvalue weighted by Gasteiger charge is -2.03. The second kappa shape index (κ2) is 5.16. The van der Waals surface area contributed by atoms with Gasteiger partial charge in [-0.25, -0.2) is 0 Å². The van der Waals surface area contributed by atoms with Gasteiger partial charge < -0.3 is 4.74 Å². The van der Waals surface area contributed by atoms with Crippen molar-refractivity contribution in [3.05, 3.63) is 52.0 Å². The van der Waals surface area contributed by atoms with Crippen LogP contribution in [-0.2, 0) is 0 Å². The van der Waals surface area contributed by atoms with Crippen LogP contribution in [0.2, 0.25) is 5.15 Å². The SMILES string of the molecule is [N-]=[N+]=Nc1cccc(Oc2ccc(Cl)nn2)c1. The summed E-state index contributed by atoms with van der Waals surface area (Å²) in [4.78, 5) is 2.69. The number of halogens is 1. The summed E-state index contributed by atoms with van der Waals surface area (Å²) >= 11 is 5.60. The van der Waals surface area contributed by atoms with E-state index in [1.165, 1.54) is 0 Å². The Morgan fingerprint density at radius 2 is 2.12 bits per heavy atom. The van der Waals surface area contributed by atoms with Crippen molar-refractivity contribution in [1.29, 1.82) is 0 Å². The van der Waals surface area contributed by atoms with E-state index in [0.717, 1.165) is 0 Å². The molecule has 84 valence electrons. The Hall–Kier alpha value is -2.30. The molecule has 1 heterocycles. The molecule has 0 bridgehead atoms. The largest absolute Gasteiger partial charge is 0.438 e. The fourth-order valence-electron chi connectivity index (χ4n) is 1.14. The topological polar surface area (TPSA) is 83.8 Å². The summed E-state index contributed by atoms with van der Waals surface area (Å²) in [5.74, 6) is 0.819. The van der Waals surface area contributed by atoms with Crippen LogP contribution in [0.3, 0.4) is 0 Å². The molecule has 1 aromatic heterocycles. The number of ether oxygens (including phenoxy) is 1. The van der Waals surface area contributed by atoms with Gasteiger partial charge in [0.25, 0.3) is 0 Å². The molecule has 1 aromatic carbocycles. The van der Waals surface area contributed by atoms with Crippen LogP contribution in [0, 0.1) is 0 Å². The van der Waals surface area contributed by atoms with E-state index in [0.29, 0.717) is 22.5 Å². The van der Waals surface area contributed by atoms with E-state index in [4.69, 9.17) is 21.9 Å². The molecule has 0 aliphatic rings. The average Bonchev–Trinajstić information content (AvgIpc) is 2.33. The number of nitrogens with zero attached hydrogens (tertiary/aromatic N) is 5. The predicted molar refractivity (Wildman–Crippen MR) is 62.4 cm³/mol. The highest BCUT2D eigenvalue weighted by atomic mass is 35.5. The molecule has 0 aliphatic carbocycles. The molecule has 7 heteroatoms. The second-order valence-corrected chi connectivity index (χ2v) is 3.37. The fraction of sp³-hybridized carbons (Fsp3) is 0. The molecular weight excluding hydrogens is 242 g/mol. The molecule has 0 saturated carbocycles. The van der Waals surface area contributed by atoms with E-state index in [2.05, 4.69) is 20.2 Å². The zero-order valence-corrected chi connectivity index (χ0v) is 9.24. The van der Waals surface area contributed by atoms with Gasteiger partial charge in [0.2, 0.25) is 5.88 Å². The number of hydrogen-bond acceptors (Lipinski definition) is 4. The third kappa shape index (κ3) is 3.07. The zero-order valence-electron chi connectivity index (χ0n) is 8.49. The minimum atomic E-state index is 0.292. The van der Waals surface area contributed by atoms with Gasteiger partial charge in [0.15, 0.2) is 5.15 Å². The molecule has 0 unspecified atom stereocenters. The Morgan fingerprint density at radius 1 is 1.24 bits per heavy atom. The second-order valence-electron chi connectivity index (χ2n) is 2.98. The molecule has 6 nitrogen and oxygen atoms in total. The van der Waals surface area contributed by atoms with Crippen LogP contribution in [0.25, 0.3) is 10.4 Å². The molecule has 0 saturated heterocycles. The monoisotopic (exact) mass is 247 g/mol. The van der Waals surface area contributed by atoms with Crippen molar-refractivity contribution in [2.24, 2.45) is 5.11 Å². The lowest BCUT2D eigenvalue weighted by atomic mass is 10.3. The Bertz CT molecular complexity index is 565. The first-order valence-corrected chi connectivity index (χ1v) is 4.98. The van der Waals surface area contributed by atoms with E-state index in [9.17, 15) is 0 Å². The molecule has 2 aromatic rings. The molecule has 0 radical (unpaired) electrons. The Kier molecular flexibility index (Phi) is 3.40. The Labute approximate surface area is 101 Å². The molecule has 2 rings (SSSR count). The first-order chi connectivity index (χ1) is 8.28. The smallest absolute Gasteiger partial charge is 0.238 e. The van der Waals surface area contributed by atoms with Crippen LogP contribution < -0.4 is 4.74 Å². The lowest BCUT2D eigenvalue weighted by Crippen LogP contribution is -1.89. The maximum Gasteiger partial charge on any atom is 0.238 e. The Balaban J connectivity index is 2.20. The maximum atomic E-state index is 8.31. The zero-order chi connectivity index (χ0) is 12.1. The standard InChI is InChI=1S/C10H6ClN5O/c11-9-4-5-10(15-14-9)17-8-3-1-2-7(6-8)13-16-12/h1-6H. The van der Waals surface area contributed by atoms with Gasteiger partial charge in [-0.2, -0.15) is 0 Å². The van der Waals surface area contributed by atoms with Crippen LogP contribution in [-0.4, -0.2) is 10.2 Å². The maximum absolute atomic E-state index is 8.31. The molecule has 0 fully saturated rings. The van der Waals surface area contributed by atoms with Gasteiger partial charge in [-0.1, -0.05) is 28.8 Å². The number of aromatic nitrogens is 2. The van der Waals surface area contributed by atoms with Crippen molar-refractivity contribution in [2.75, 3.05) is 0 Å². The van der Waals surface area contributed by atoms with Crippen LogP contribution >= 0.6 is 11.6 Å². The van der Waals surface area contributed by atoms with E-state index in [-0.39, 0.29) is 0 Å². The first kappa shape index (κ1) is 11.2. The van der Waals surface area contributed by atoms with Crippen LogP contribution in [0.4, 0.5) is 5.69 Å². The van der Waals surface area contributed by atoms with Crippen molar-refractivity contribution in [3.8, 4) is 11.6 Å². The van der Waals surface area contributed by atoms with Gasteiger partial charge in [-0.05, 0) is 23.7 Å². The summed E-state index contributed by atoms with van der Waals surface area (Å²) < 4.78 is 5.40. The van der Waals surface area contributed by atoms with E-state index < -0.39 is 0 Å². The minimum Gasteiger partial charge on any atom is -0.438 e. The predicted octanol–water partition coefficient (Wildman–Crippen LogP) is 3.86. The number of azide groups is 1. The van der Waals surface area contributed by atoms with E-state index in [1.807, 2.05) is 0 Å². The molecule has 0 atom stereocenters. The summed E-state index contributed by atoms with van der Waals surface area (Å²) in [6.45, 7) is 0. The first-order valence-electron chi connectivity index (χ1n) is 4.60. The molecular formula is C10H6ClN5O. The highest BCUT2D eigenvalue weighted by Gasteiger charge is 2.00. The van der Waals surface area contributed by atoms with E-state index >= 15 is 0 Å². The highest BCUT2D eigenvalue weighted by Crippen LogP contribution is 2.24. The summed E-state index contributed by atoms with van der Waals surface area (Å²) in [5, 5.41) is 11.1. The molecule has 17 heavy (non-hydrogen) atoms. The average molecular weight is 248 g/mol. The van der Waals surface area contributed by atoms with Crippen molar-refractivity contribution >= 4 is 17.3 Å². The Morgan fingerprint density at radius 3 is 2.82 bits per heavy atom. The lowest BCUT2D eigenvalue weighted by molar-refractivity contribution is 0.455. The van der Waals surface area contributed by atoms with E-state index in [1.54, 1.807) is 36.4 Å². The van der Waals surface area contributed by atoms with Crippen LogP contribution in [0.1, 0.15) is 0 Å². The van der Waals surface area contributed by atoms with Gasteiger partial charge in [0, 0.05) is 16.7 Å². The number of rotatable bonds is 3. The van der Waals surface area contributed by atoms with Gasteiger partial charge in [0.1, 0.15) is 5.75 Å². The quantitative estimate of drug-likeness (QED) is 0.469. The minimum absolute atomic E-state index is 0.292. The highest BCUT2D eigenvalue weighted by molar-refractivity contribution is 6.29.